The molecule has 144 valence electrons. The fourth-order valence-corrected chi connectivity index (χ4v) is 3.30. The van der Waals surface area contributed by atoms with E-state index in [0.717, 1.165) is 31.0 Å². The Morgan fingerprint density at radius 1 is 1.40 bits per heavy atom. The topological polar surface area (TPSA) is 58.4 Å². The van der Waals surface area contributed by atoms with Gasteiger partial charge in [0, 0.05) is 30.3 Å². The van der Waals surface area contributed by atoms with E-state index < -0.39 is 6.04 Å². The molecule has 1 unspecified atom stereocenters. The van der Waals surface area contributed by atoms with Gasteiger partial charge in [-0.25, -0.2) is 0 Å². The van der Waals surface area contributed by atoms with Crippen molar-refractivity contribution in [1.82, 2.24) is 5.32 Å². The molecule has 2 rings (SSSR count). The van der Waals surface area contributed by atoms with E-state index in [4.69, 9.17) is 17.3 Å². The van der Waals surface area contributed by atoms with Gasteiger partial charge >= 0.3 is 0 Å². The number of anilines is 1. The maximum atomic E-state index is 12.0. The van der Waals surface area contributed by atoms with Crippen LogP contribution in [-0.4, -0.2) is 31.6 Å². The Bertz CT molecular complexity index is 554. The first-order valence-electron chi connectivity index (χ1n) is 8.41. The van der Waals surface area contributed by atoms with Crippen LogP contribution in [0, 0.1) is 18.8 Å². The summed E-state index contributed by atoms with van der Waals surface area (Å²) in [4.78, 5) is 14.4. The molecule has 0 bridgehead atoms. The number of nitrogens with two attached hydrogens (primary N) is 1. The lowest BCUT2D eigenvalue weighted by molar-refractivity contribution is -0.122. The molecular weight excluding hydrogens is 381 g/mol. The highest BCUT2D eigenvalue weighted by molar-refractivity contribution is 6.30. The predicted octanol–water partition coefficient (Wildman–Crippen LogP) is 3.81. The van der Waals surface area contributed by atoms with Crippen molar-refractivity contribution in [2.45, 2.75) is 39.7 Å². The third-order valence-electron chi connectivity index (χ3n) is 4.42. The Kier molecular flexibility index (Phi) is 10.8. The third-order valence-corrected chi connectivity index (χ3v) is 4.66. The second-order valence-corrected chi connectivity index (χ2v) is 7.45. The van der Waals surface area contributed by atoms with Crippen LogP contribution in [0.2, 0.25) is 5.02 Å². The van der Waals surface area contributed by atoms with E-state index >= 15 is 0 Å². The van der Waals surface area contributed by atoms with Crippen LogP contribution in [-0.2, 0) is 4.79 Å². The van der Waals surface area contributed by atoms with Gasteiger partial charge in [-0.1, -0.05) is 31.5 Å². The van der Waals surface area contributed by atoms with Gasteiger partial charge in [0.05, 0.1) is 6.04 Å². The Morgan fingerprint density at radius 2 is 2.08 bits per heavy atom. The molecule has 1 aromatic carbocycles. The van der Waals surface area contributed by atoms with E-state index in [1.165, 1.54) is 11.3 Å². The Morgan fingerprint density at radius 3 is 2.72 bits per heavy atom. The van der Waals surface area contributed by atoms with Gasteiger partial charge < -0.3 is 16.0 Å². The van der Waals surface area contributed by atoms with Gasteiger partial charge in [-0.05, 0) is 49.3 Å². The number of hydrogen-bond acceptors (Lipinski definition) is 3. The van der Waals surface area contributed by atoms with Gasteiger partial charge in [-0.3, -0.25) is 4.79 Å². The van der Waals surface area contributed by atoms with Crippen LogP contribution in [0.4, 0.5) is 5.69 Å². The fraction of sp³-hybridized carbons (Fsp3) is 0.611. The third kappa shape index (κ3) is 7.22. The summed E-state index contributed by atoms with van der Waals surface area (Å²) in [6.45, 7) is 8.90. The first-order chi connectivity index (χ1) is 10.9. The van der Waals surface area contributed by atoms with Crippen molar-refractivity contribution in [2.24, 2.45) is 17.6 Å². The zero-order chi connectivity index (χ0) is 17.0. The van der Waals surface area contributed by atoms with Crippen LogP contribution >= 0.6 is 36.4 Å². The highest BCUT2D eigenvalue weighted by Gasteiger charge is 2.25. The van der Waals surface area contributed by atoms with Crippen LogP contribution in [0.25, 0.3) is 0 Å². The van der Waals surface area contributed by atoms with Crippen molar-refractivity contribution in [1.29, 1.82) is 0 Å². The Balaban J connectivity index is 0.00000288. The van der Waals surface area contributed by atoms with Crippen LogP contribution < -0.4 is 16.0 Å². The number of carbonyl (C=O) groups is 1. The highest BCUT2D eigenvalue weighted by Crippen LogP contribution is 2.29. The first kappa shape index (κ1) is 24.3. The van der Waals surface area contributed by atoms with Crippen molar-refractivity contribution in [3.63, 3.8) is 0 Å². The highest BCUT2D eigenvalue weighted by atomic mass is 35.5. The lowest BCUT2D eigenvalue weighted by atomic mass is 10.0. The minimum Gasteiger partial charge on any atom is -0.371 e. The summed E-state index contributed by atoms with van der Waals surface area (Å²) < 4.78 is 0. The van der Waals surface area contributed by atoms with E-state index in [-0.39, 0.29) is 30.7 Å². The largest absolute Gasteiger partial charge is 0.371 e. The molecule has 0 spiro atoms. The van der Waals surface area contributed by atoms with Crippen LogP contribution in [0.1, 0.15) is 32.3 Å². The first-order valence-corrected chi connectivity index (χ1v) is 8.79. The molecule has 0 saturated carbocycles. The summed E-state index contributed by atoms with van der Waals surface area (Å²) >= 11 is 6.11. The smallest absolute Gasteiger partial charge is 0.236 e. The molecule has 1 amide bonds. The van der Waals surface area contributed by atoms with Crippen LogP contribution in [0.5, 0.6) is 0 Å². The molecule has 3 N–H and O–H groups in total. The van der Waals surface area contributed by atoms with E-state index in [2.05, 4.69) is 37.1 Å². The minimum atomic E-state index is -0.400. The second kappa shape index (κ2) is 11.1. The quantitative estimate of drug-likeness (QED) is 0.749. The molecule has 1 aliphatic heterocycles. The molecule has 0 radical (unpaired) electrons. The zero-order valence-corrected chi connectivity index (χ0v) is 17.5. The number of nitrogens with one attached hydrogen (secondary N) is 1. The normalized spacial score (nSPS) is 17.7. The summed E-state index contributed by atoms with van der Waals surface area (Å²) in [7, 11) is 0. The molecule has 1 aromatic rings. The molecule has 7 heteroatoms. The molecule has 2 atom stereocenters. The predicted molar refractivity (Wildman–Crippen MR) is 111 cm³/mol. The van der Waals surface area contributed by atoms with Crippen molar-refractivity contribution in [3.05, 3.63) is 28.8 Å². The maximum absolute atomic E-state index is 12.0. The van der Waals surface area contributed by atoms with Crippen molar-refractivity contribution in [3.8, 4) is 0 Å². The minimum absolute atomic E-state index is 0. The monoisotopic (exact) mass is 409 g/mol. The number of rotatable bonds is 6. The number of benzene rings is 1. The second-order valence-electron chi connectivity index (χ2n) is 7.01. The molecule has 25 heavy (non-hydrogen) atoms. The molecule has 0 aliphatic carbocycles. The number of nitrogens with zero attached hydrogens (tertiary/aromatic N) is 1. The fourth-order valence-electron chi connectivity index (χ4n) is 3.13. The number of hydrogen-bond donors (Lipinski definition) is 2. The average Bonchev–Trinajstić information content (AvgIpc) is 2.95. The van der Waals surface area contributed by atoms with Gasteiger partial charge in [0.15, 0.2) is 0 Å². The van der Waals surface area contributed by atoms with Gasteiger partial charge in [0.2, 0.25) is 5.91 Å². The number of halogens is 3. The van der Waals surface area contributed by atoms with Crippen LogP contribution in [0.3, 0.4) is 0 Å². The van der Waals surface area contributed by atoms with Crippen LogP contribution in [0.15, 0.2) is 18.2 Å². The number of carbonyl (C=O) groups excluding carboxylic acids is 1. The summed E-state index contributed by atoms with van der Waals surface area (Å²) in [6, 6.07) is 5.60. The maximum Gasteiger partial charge on any atom is 0.236 e. The van der Waals surface area contributed by atoms with E-state index in [9.17, 15) is 4.79 Å². The molecule has 1 saturated heterocycles. The SMILES string of the molecule is Cc1ccc(Cl)cc1N1CCC(CNC(=O)[C@@H](N)CC(C)C)C1.Cl.Cl. The standard InChI is InChI=1S/C18H28ClN3O.2ClH/c1-12(2)8-16(20)18(23)21-10-14-6-7-22(11-14)17-9-15(19)5-4-13(17)3;;/h4-5,9,12,14,16H,6-8,10-11,20H2,1-3H3,(H,21,23);2*1H/t14?,16-;;/m0../s1. The molecule has 0 aromatic heterocycles. The molecular formula is C18H30Cl3N3O. The molecule has 4 nitrogen and oxygen atoms in total. The molecule has 1 fully saturated rings. The van der Waals surface area contributed by atoms with Gasteiger partial charge in [-0.2, -0.15) is 0 Å². The number of aryl methyl sites for hydroxylation is 1. The summed E-state index contributed by atoms with van der Waals surface area (Å²) in [6.07, 6.45) is 1.80. The van der Waals surface area contributed by atoms with Gasteiger partial charge in [0.25, 0.3) is 0 Å². The van der Waals surface area contributed by atoms with E-state index in [1.807, 2.05) is 12.1 Å². The lowest BCUT2D eigenvalue weighted by Gasteiger charge is -2.21. The van der Waals surface area contributed by atoms with E-state index in [0.29, 0.717) is 18.4 Å². The average molecular weight is 411 g/mol. The lowest BCUT2D eigenvalue weighted by Crippen LogP contribution is -2.43. The zero-order valence-electron chi connectivity index (χ0n) is 15.1. The van der Waals surface area contributed by atoms with Gasteiger partial charge in [-0.15, -0.1) is 24.8 Å². The summed E-state index contributed by atoms with van der Waals surface area (Å²) in [5.41, 5.74) is 8.35. The van der Waals surface area contributed by atoms with E-state index in [1.54, 1.807) is 0 Å². The molecule has 1 aliphatic rings. The van der Waals surface area contributed by atoms with Crippen molar-refractivity contribution < 1.29 is 4.79 Å². The van der Waals surface area contributed by atoms with Crippen molar-refractivity contribution in [2.75, 3.05) is 24.5 Å². The van der Waals surface area contributed by atoms with Gasteiger partial charge in [0.1, 0.15) is 0 Å². The molecule has 1 heterocycles. The Hall–Kier alpha value is -0.680. The summed E-state index contributed by atoms with van der Waals surface area (Å²) in [5.74, 6) is 0.864. The van der Waals surface area contributed by atoms with Crippen molar-refractivity contribution >= 4 is 48.0 Å². The summed E-state index contributed by atoms with van der Waals surface area (Å²) in [5, 5.41) is 3.78. The Labute approximate surface area is 168 Å². The number of amides is 1.